The maximum Gasteiger partial charge on any atom is 0.265 e. The first kappa shape index (κ1) is 21.8. The second-order valence-corrected chi connectivity index (χ2v) is 8.75. The number of nitrogens with one attached hydrogen (secondary N) is 1. The molecule has 0 aliphatic rings. The van der Waals surface area contributed by atoms with E-state index in [9.17, 15) is 13.2 Å². The number of thiazole rings is 1. The lowest BCUT2D eigenvalue weighted by atomic mass is 10.1. The molecule has 1 amide bonds. The van der Waals surface area contributed by atoms with Crippen molar-refractivity contribution in [3.8, 4) is 17.2 Å². The Bertz CT molecular complexity index is 946. The first-order valence-electron chi connectivity index (χ1n) is 8.09. The van der Waals surface area contributed by atoms with Gasteiger partial charge in [0.1, 0.15) is 4.88 Å². The van der Waals surface area contributed by atoms with E-state index >= 15 is 0 Å². The summed E-state index contributed by atoms with van der Waals surface area (Å²) in [6.45, 7) is 1.94. The van der Waals surface area contributed by atoms with E-state index in [4.69, 9.17) is 14.2 Å². The summed E-state index contributed by atoms with van der Waals surface area (Å²) in [5.41, 5.74) is 1.24. The van der Waals surface area contributed by atoms with Gasteiger partial charge in [0.05, 0.1) is 33.3 Å². The molecular formula is C17H23N3O6S2. The highest BCUT2D eigenvalue weighted by molar-refractivity contribution is 7.92. The van der Waals surface area contributed by atoms with Gasteiger partial charge >= 0.3 is 0 Å². The highest BCUT2D eigenvalue weighted by Gasteiger charge is 2.21. The molecule has 9 nitrogen and oxygen atoms in total. The normalized spacial score (nSPS) is 11.1. The third-order valence-corrected chi connectivity index (χ3v) is 5.51. The largest absolute Gasteiger partial charge is 0.493 e. The van der Waals surface area contributed by atoms with Gasteiger partial charge in [-0.2, -0.15) is 0 Å². The van der Waals surface area contributed by atoms with Crippen molar-refractivity contribution >= 4 is 32.4 Å². The molecule has 2 rings (SSSR count). The number of aryl methyl sites for hydroxylation is 1. The first-order chi connectivity index (χ1) is 13.1. The van der Waals surface area contributed by atoms with Crippen LogP contribution in [0.5, 0.6) is 17.2 Å². The number of hydrogen-bond donors (Lipinski definition) is 1. The van der Waals surface area contributed by atoms with Crippen LogP contribution in [-0.4, -0.2) is 58.8 Å². The molecule has 0 aliphatic heterocycles. The predicted molar refractivity (Wildman–Crippen MR) is 107 cm³/mol. The molecule has 1 aromatic carbocycles. The second-order valence-electron chi connectivity index (χ2n) is 6.00. The molecule has 0 saturated heterocycles. The molecule has 28 heavy (non-hydrogen) atoms. The van der Waals surface area contributed by atoms with Crippen molar-refractivity contribution in [2.24, 2.45) is 0 Å². The lowest BCUT2D eigenvalue weighted by Crippen LogP contribution is -2.26. The van der Waals surface area contributed by atoms with Crippen molar-refractivity contribution in [1.29, 1.82) is 0 Å². The van der Waals surface area contributed by atoms with E-state index < -0.39 is 10.0 Å². The molecule has 0 spiro atoms. The van der Waals surface area contributed by atoms with E-state index in [1.165, 1.54) is 26.2 Å². The van der Waals surface area contributed by atoms with Crippen LogP contribution in [0.1, 0.15) is 20.9 Å². The SMILES string of the molecule is COc1cc(CN(C)C(=O)c2sc(NS(C)(=O)=O)nc2C)cc(OC)c1OC. The Morgan fingerprint density at radius 3 is 2.21 bits per heavy atom. The van der Waals surface area contributed by atoms with Crippen molar-refractivity contribution in [2.75, 3.05) is 39.4 Å². The zero-order valence-electron chi connectivity index (χ0n) is 16.5. The number of hydrogen-bond acceptors (Lipinski definition) is 8. The average molecular weight is 430 g/mol. The van der Waals surface area contributed by atoms with Crippen LogP contribution in [0.2, 0.25) is 0 Å². The van der Waals surface area contributed by atoms with Gasteiger partial charge in [-0.05, 0) is 24.6 Å². The van der Waals surface area contributed by atoms with Crippen LogP contribution in [0.25, 0.3) is 0 Å². The maximum atomic E-state index is 12.8. The number of methoxy groups -OCH3 is 3. The molecule has 11 heteroatoms. The minimum Gasteiger partial charge on any atom is -0.493 e. The van der Waals surface area contributed by atoms with Gasteiger partial charge in [-0.1, -0.05) is 11.3 Å². The Hall–Kier alpha value is -2.53. The number of benzene rings is 1. The number of ether oxygens (including phenoxy) is 3. The molecule has 1 aromatic heterocycles. The lowest BCUT2D eigenvalue weighted by Gasteiger charge is -2.19. The van der Waals surface area contributed by atoms with Crippen LogP contribution in [-0.2, 0) is 16.6 Å². The highest BCUT2D eigenvalue weighted by atomic mass is 32.2. The lowest BCUT2D eigenvalue weighted by molar-refractivity contribution is 0.0788. The third kappa shape index (κ3) is 5.04. The summed E-state index contributed by atoms with van der Waals surface area (Å²) >= 11 is 0.993. The van der Waals surface area contributed by atoms with Gasteiger partial charge in [0, 0.05) is 13.6 Å². The summed E-state index contributed by atoms with van der Waals surface area (Å²) in [6, 6.07) is 3.53. The van der Waals surface area contributed by atoms with Crippen LogP contribution in [0, 0.1) is 6.92 Å². The Morgan fingerprint density at radius 2 is 1.75 bits per heavy atom. The van der Waals surface area contributed by atoms with Gasteiger partial charge in [-0.25, -0.2) is 13.4 Å². The topological polar surface area (TPSA) is 107 Å². The number of aromatic nitrogens is 1. The second kappa shape index (κ2) is 8.65. The van der Waals surface area contributed by atoms with Gasteiger partial charge in [-0.15, -0.1) is 0 Å². The summed E-state index contributed by atoms with van der Waals surface area (Å²) < 4.78 is 41.0. The van der Waals surface area contributed by atoms with E-state index in [0.717, 1.165) is 23.2 Å². The van der Waals surface area contributed by atoms with Crippen LogP contribution >= 0.6 is 11.3 Å². The Kier molecular flexibility index (Phi) is 6.73. The Morgan fingerprint density at radius 1 is 1.18 bits per heavy atom. The first-order valence-corrected chi connectivity index (χ1v) is 10.8. The van der Waals surface area contributed by atoms with Crippen LogP contribution in [0.4, 0.5) is 5.13 Å². The fourth-order valence-corrected chi connectivity index (χ4v) is 4.34. The molecule has 2 aromatic rings. The molecule has 0 unspecified atom stereocenters. The summed E-state index contributed by atoms with van der Waals surface area (Å²) in [7, 11) is 2.74. The van der Waals surface area contributed by atoms with Crippen molar-refractivity contribution in [3.63, 3.8) is 0 Å². The molecule has 0 fully saturated rings. The minimum absolute atomic E-state index is 0.157. The molecule has 0 bridgehead atoms. The zero-order valence-corrected chi connectivity index (χ0v) is 18.2. The van der Waals surface area contributed by atoms with Crippen LogP contribution < -0.4 is 18.9 Å². The maximum absolute atomic E-state index is 12.8. The van der Waals surface area contributed by atoms with Gasteiger partial charge in [0.15, 0.2) is 16.6 Å². The van der Waals surface area contributed by atoms with Crippen LogP contribution in [0.3, 0.4) is 0 Å². The predicted octanol–water partition coefficient (Wildman–Crippen LogP) is 2.12. The van der Waals surface area contributed by atoms with E-state index in [-0.39, 0.29) is 17.6 Å². The number of carbonyl (C=O) groups excluding carboxylic acids is 1. The number of sulfonamides is 1. The summed E-state index contributed by atoms with van der Waals surface area (Å²) in [5.74, 6) is 1.18. The Labute approximate surface area is 168 Å². The highest BCUT2D eigenvalue weighted by Crippen LogP contribution is 2.38. The van der Waals surface area contributed by atoms with Crippen molar-refractivity contribution in [2.45, 2.75) is 13.5 Å². The quantitative estimate of drug-likeness (QED) is 0.685. The standard InChI is InChI=1S/C17H23N3O6S2/c1-10-15(27-17(18-10)19-28(6,22)23)16(21)20(2)9-11-7-12(24-3)14(26-5)13(8-11)25-4/h7-8H,9H2,1-6H3,(H,18,19). The molecule has 1 heterocycles. The molecular weight excluding hydrogens is 406 g/mol. The van der Waals surface area contributed by atoms with Crippen LogP contribution in [0.15, 0.2) is 12.1 Å². The van der Waals surface area contributed by atoms with E-state index in [2.05, 4.69) is 9.71 Å². The average Bonchev–Trinajstić information content (AvgIpc) is 2.98. The molecule has 154 valence electrons. The molecule has 1 N–H and O–H groups in total. The van der Waals surface area contributed by atoms with E-state index in [1.807, 2.05) is 0 Å². The Balaban J connectivity index is 2.25. The van der Waals surface area contributed by atoms with E-state index in [0.29, 0.717) is 27.8 Å². The summed E-state index contributed by atoms with van der Waals surface area (Å²) in [4.78, 5) is 18.8. The minimum atomic E-state index is -3.46. The number of nitrogens with zero attached hydrogens (tertiary/aromatic N) is 2. The van der Waals surface area contributed by atoms with Crippen molar-refractivity contribution in [1.82, 2.24) is 9.88 Å². The molecule has 0 atom stereocenters. The van der Waals surface area contributed by atoms with Gasteiger partial charge < -0.3 is 19.1 Å². The molecule has 0 aliphatic carbocycles. The van der Waals surface area contributed by atoms with Crippen molar-refractivity contribution < 1.29 is 27.4 Å². The van der Waals surface area contributed by atoms with Gasteiger partial charge in [-0.3, -0.25) is 9.52 Å². The number of amides is 1. The number of carbonyl (C=O) groups is 1. The van der Waals surface area contributed by atoms with Gasteiger partial charge in [0.25, 0.3) is 5.91 Å². The number of rotatable bonds is 8. The monoisotopic (exact) mass is 429 g/mol. The molecule has 0 radical (unpaired) electrons. The summed E-state index contributed by atoms with van der Waals surface area (Å²) in [5, 5.41) is 0.157. The molecule has 0 saturated carbocycles. The fourth-order valence-electron chi connectivity index (χ4n) is 2.54. The van der Waals surface area contributed by atoms with Gasteiger partial charge in [0.2, 0.25) is 15.8 Å². The number of anilines is 1. The third-order valence-electron chi connectivity index (χ3n) is 3.75. The van der Waals surface area contributed by atoms with E-state index in [1.54, 1.807) is 26.1 Å². The smallest absolute Gasteiger partial charge is 0.265 e. The summed E-state index contributed by atoms with van der Waals surface area (Å²) in [6.07, 6.45) is 1.03. The zero-order chi connectivity index (χ0) is 21.1. The van der Waals surface area contributed by atoms with Crippen molar-refractivity contribution in [3.05, 3.63) is 28.3 Å². The fraction of sp³-hybridized carbons (Fsp3) is 0.412.